The molecule has 1 N–H and O–H groups in total. The number of hydrogen-bond acceptors (Lipinski definition) is 5. The SMILES string of the molecule is CC(C)C1=C2C3CCC4C5(C)CCC(CC(=O)C6CC(C(=O)O)C6C)C(C)(C)C5CCC4(C)[C@]3(C)CCC2(CCN(CCN(C)C)Cc2ccc(Cl)cc2)CC1=O. The lowest BCUT2D eigenvalue weighted by Gasteiger charge is -2.72. The number of halogens is 1. The molecule has 6 aliphatic rings. The van der Waals surface area contributed by atoms with Gasteiger partial charge in [-0.15, -0.1) is 0 Å². The Kier molecular flexibility index (Phi) is 11.7. The van der Waals surface area contributed by atoms with E-state index < -0.39 is 5.97 Å². The molecule has 6 aliphatic carbocycles. The Morgan fingerprint density at radius 3 is 2.19 bits per heavy atom. The lowest BCUT2D eigenvalue weighted by molar-refractivity contribution is -0.221. The fraction of sp³-hybridized carbons (Fsp3) is 0.780. The first-order valence-electron chi connectivity index (χ1n) is 22.8. The second kappa shape index (κ2) is 15.5. The minimum atomic E-state index is -0.749. The molecule has 0 aliphatic heterocycles. The number of aliphatic carboxylic acids is 1. The van der Waals surface area contributed by atoms with Crippen LogP contribution in [0.1, 0.15) is 138 Å². The zero-order valence-electron chi connectivity index (χ0n) is 37.2. The average molecular weight is 804 g/mol. The number of benzene rings is 1. The van der Waals surface area contributed by atoms with Crippen molar-refractivity contribution in [1.29, 1.82) is 0 Å². The summed E-state index contributed by atoms with van der Waals surface area (Å²) in [5, 5.41) is 10.3. The molecule has 316 valence electrons. The monoisotopic (exact) mass is 803 g/mol. The Hall–Kier alpha value is -2.02. The number of fused-ring (bicyclic) bond motifs is 7. The van der Waals surface area contributed by atoms with E-state index in [-0.39, 0.29) is 50.7 Å². The largest absolute Gasteiger partial charge is 0.481 e. The number of hydrogen-bond donors (Lipinski definition) is 1. The summed E-state index contributed by atoms with van der Waals surface area (Å²) < 4.78 is 0. The molecule has 0 aromatic heterocycles. The molecule has 10 unspecified atom stereocenters. The van der Waals surface area contributed by atoms with Crippen molar-refractivity contribution in [3.05, 3.63) is 46.0 Å². The van der Waals surface area contributed by atoms with Gasteiger partial charge in [0.1, 0.15) is 5.78 Å². The number of carbonyl (C=O) groups is 3. The number of carboxylic acid groups (broad SMARTS) is 1. The molecule has 0 spiro atoms. The van der Waals surface area contributed by atoms with Gasteiger partial charge in [0, 0.05) is 48.8 Å². The van der Waals surface area contributed by atoms with Crippen molar-refractivity contribution in [2.24, 2.45) is 74.4 Å². The van der Waals surface area contributed by atoms with E-state index >= 15 is 0 Å². The van der Waals surface area contributed by atoms with Gasteiger partial charge in [-0.2, -0.15) is 0 Å². The first kappa shape index (κ1) is 43.1. The smallest absolute Gasteiger partial charge is 0.306 e. The molecular formula is C50H75ClN2O4. The van der Waals surface area contributed by atoms with Crippen molar-refractivity contribution in [2.75, 3.05) is 33.7 Å². The van der Waals surface area contributed by atoms with Gasteiger partial charge in [-0.3, -0.25) is 19.3 Å². The molecule has 0 radical (unpaired) electrons. The maximum absolute atomic E-state index is 14.3. The van der Waals surface area contributed by atoms with E-state index in [0.29, 0.717) is 54.5 Å². The van der Waals surface area contributed by atoms with Gasteiger partial charge in [-0.1, -0.05) is 84.7 Å². The maximum Gasteiger partial charge on any atom is 0.306 e. The molecule has 5 saturated carbocycles. The highest BCUT2D eigenvalue weighted by molar-refractivity contribution is 6.30. The fourth-order valence-electron chi connectivity index (χ4n) is 15.3. The van der Waals surface area contributed by atoms with Crippen molar-refractivity contribution in [1.82, 2.24) is 9.80 Å². The fourth-order valence-corrected chi connectivity index (χ4v) is 15.4. The second-order valence-electron chi connectivity index (χ2n) is 22.3. The van der Waals surface area contributed by atoms with Crippen molar-refractivity contribution in [2.45, 2.75) is 139 Å². The highest BCUT2D eigenvalue weighted by Gasteiger charge is 2.70. The lowest BCUT2D eigenvalue weighted by Crippen LogP contribution is -2.65. The second-order valence-corrected chi connectivity index (χ2v) is 22.7. The molecule has 11 atom stereocenters. The number of carboxylic acids is 1. The van der Waals surface area contributed by atoms with E-state index in [1.165, 1.54) is 49.7 Å². The van der Waals surface area contributed by atoms with Gasteiger partial charge in [-0.05, 0) is 165 Å². The zero-order chi connectivity index (χ0) is 41.5. The number of nitrogens with zero attached hydrogens (tertiary/aromatic N) is 2. The molecule has 0 bridgehead atoms. The maximum atomic E-state index is 14.3. The van der Waals surface area contributed by atoms with Crippen molar-refractivity contribution < 1.29 is 19.5 Å². The molecular weight excluding hydrogens is 728 g/mol. The van der Waals surface area contributed by atoms with Gasteiger partial charge in [0.05, 0.1) is 5.92 Å². The summed E-state index contributed by atoms with van der Waals surface area (Å²) in [7, 11) is 4.31. The van der Waals surface area contributed by atoms with Crippen LogP contribution in [0.25, 0.3) is 0 Å². The average Bonchev–Trinajstić information content (AvgIpc) is 3.43. The molecule has 0 saturated heterocycles. The van der Waals surface area contributed by atoms with Crippen LogP contribution >= 0.6 is 11.6 Å². The molecule has 0 amide bonds. The summed E-state index contributed by atoms with van der Waals surface area (Å²) in [5.74, 6) is 1.72. The van der Waals surface area contributed by atoms with Gasteiger partial charge in [0.15, 0.2) is 5.78 Å². The first-order valence-corrected chi connectivity index (χ1v) is 23.2. The van der Waals surface area contributed by atoms with E-state index in [4.69, 9.17) is 11.6 Å². The summed E-state index contributed by atoms with van der Waals surface area (Å²) in [4.78, 5) is 44.6. The third kappa shape index (κ3) is 7.13. The van der Waals surface area contributed by atoms with Gasteiger partial charge in [-0.25, -0.2) is 0 Å². The number of likely N-dealkylation sites (N-methyl/N-ethyl adjacent to an activating group) is 1. The standard InChI is InChI=1S/C50H75ClN2O4/c1-31(2)43-40(55)29-50(23-24-53(26-25-52(9)10)30-33-11-13-35(51)14-12-33)22-21-48(7)38(44(43)50)15-16-42-47(6)19-17-34(46(4,5)41(47)18-20-49(42,48)8)27-39(54)36-28-37(32(36)3)45(56)57/h11-14,31-32,34,36-38,41-42H,15-30H2,1-10H3,(H,56,57)/t32?,34?,36?,37?,38?,41?,42?,47?,48-,49?,50?/m1/s1. The van der Waals surface area contributed by atoms with Gasteiger partial charge < -0.3 is 10.0 Å². The summed E-state index contributed by atoms with van der Waals surface area (Å²) >= 11 is 6.27. The van der Waals surface area contributed by atoms with Gasteiger partial charge in [0.2, 0.25) is 0 Å². The number of allylic oxidation sites excluding steroid dienone is 2. The van der Waals surface area contributed by atoms with Gasteiger partial charge >= 0.3 is 5.97 Å². The van der Waals surface area contributed by atoms with Crippen molar-refractivity contribution >= 4 is 29.1 Å². The van der Waals surface area contributed by atoms with Crippen LogP contribution in [0.3, 0.4) is 0 Å². The van der Waals surface area contributed by atoms with Crippen molar-refractivity contribution in [3.8, 4) is 0 Å². The third-order valence-electron chi connectivity index (χ3n) is 18.9. The molecule has 7 rings (SSSR count). The summed E-state index contributed by atoms with van der Waals surface area (Å²) in [6, 6.07) is 8.32. The normalized spacial score (nSPS) is 39.8. The Morgan fingerprint density at radius 1 is 0.860 bits per heavy atom. The molecule has 1 aromatic carbocycles. The summed E-state index contributed by atoms with van der Waals surface area (Å²) in [6.45, 7) is 23.3. The van der Waals surface area contributed by atoms with Crippen LogP contribution in [0, 0.1) is 74.4 Å². The third-order valence-corrected chi connectivity index (χ3v) is 19.1. The van der Waals surface area contributed by atoms with Crippen LogP contribution < -0.4 is 0 Å². The van der Waals surface area contributed by atoms with Crippen LogP contribution in [0.15, 0.2) is 35.4 Å². The predicted molar refractivity (Wildman–Crippen MR) is 231 cm³/mol. The molecule has 57 heavy (non-hydrogen) atoms. The van der Waals surface area contributed by atoms with Crippen LogP contribution in [-0.4, -0.2) is 66.2 Å². The first-order chi connectivity index (χ1) is 26.7. The topological polar surface area (TPSA) is 77.9 Å². The Morgan fingerprint density at radius 2 is 1.56 bits per heavy atom. The highest BCUT2D eigenvalue weighted by atomic mass is 35.5. The minimum Gasteiger partial charge on any atom is -0.481 e. The minimum absolute atomic E-state index is 0.0451. The number of carbonyl (C=O) groups excluding carboxylic acids is 2. The Bertz CT molecular complexity index is 1750. The van der Waals surface area contributed by atoms with Crippen LogP contribution in [0.2, 0.25) is 5.02 Å². The van der Waals surface area contributed by atoms with Crippen LogP contribution in [0.4, 0.5) is 0 Å². The Labute approximate surface area is 350 Å². The van der Waals surface area contributed by atoms with E-state index in [9.17, 15) is 19.5 Å². The van der Waals surface area contributed by atoms with E-state index in [0.717, 1.165) is 50.5 Å². The summed E-state index contributed by atoms with van der Waals surface area (Å²) in [6.07, 6.45) is 12.3. The Balaban J connectivity index is 1.13. The number of rotatable bonds is 13. The van der Waals surface area contributed by atoms with Crippen molar-refractivity contribution in [3.63, 3.8) is 0 Å². The molecule has 7 heteroatoms. The lowest BCUT2D eigenvalue weighted by atomic mass is 9.32. The zero-order valence-corrected chi connectivity index (χ0v) is 37.9. The number of Topliss-reactive ketones (excluding diaryl/α,β-unsaturated/α-hetero) is 2. The van der Waals surface area contributed by atoms with Gasteiger partial charge in [0.25, 0.3) is 0 Å². The molecule has 0 heterocycles. The quantitative estimate of drug-likeness (QED) is 0.214. The van der Waals surface area contributed by atoms with E-state index in [1.54, 1.807) is 5.57 Å². The van der Waals surface area contributed by atoms with Crippen LogP contribution in [-0.2, 0) is 20.9 Å². The number of ketones is 2. The van der Waals surface area contributed by atoms with Crippen LogP contribution in [0.5, 0.6) is 0 Å². The highest BCUT2D eigenvalue weighted by Crippen LogP contribution is 2.77. The summed E-state index contributed by atoms with van der Waals surface area (Å²) in [5.41, 5.74) is 4.61. The molecule has 1 aromatic rings. The molecule has 5 fully saturated rings. The molecule has 6 nitrogen and oxygen atoms in total. The van der Waals surface area contributed by atoms with E-state index in [2.05, 4.69) is 84.5 Å². The predicted octanol–water partition coefficient (Wildman–Crippen LogP) is 11.0. The van der Waals surface area contributed by atoms with E-state index in [1.807, 2.05) is 19.1 Å².